The fourth-order valence-corrected chi connectivity index (χ4v) is 3.52. The monoisotopic (exact) mass is 449 g/mol. The van der Waals surface area contributed by atoms with Crippen molar-refractivity contribution in [3.05, 3.63) is 95.0 Å². The minimum absolute atomic E-state index is 0.0517. The molecule has 0 aliphatic heterocycles. The first kappa shape index (κ1) is 20.8. The first-order valence-electron chi connectivity index (χ1n) is 9.31. The molecule has 154 valence electrons. The van der Waals surface area contributed by atoms with Crippen LogP contribution in [0.1, 0.15) is 15.9 Å². The number of anilines is 1. The third kappa shape index (κ3) is 5.20. The lowest BCUT2D eigenvalue weighted by molar-refractivity contribution is -0.113. The third-order valence-corrected chi connectivity index (χ3v) is 5.38. The van der Waals surface area contributed by atoms with Crippen LogP contribution in [0.5, 0.6) is 0 Å². The molecule has 0 radical (unpaired) electrons. The highest BCUT2D eigenvalue weighted by Crippen LogP contribution is 2.25. The Labute approximate surface area is 187 Å². The summed E-state index contributed by atoms with van der Waals surface area (Å²) in [5.74, 6) is -0.0487. The highest BCUT2D eigenvalue weighted by atomic mass is 35.5. The Morgan fingerprint density at radius 3 is 2.39 bits per heavy atom. The maximum Gasteiger partial charge on any atom is 0.277 e. The van der Waals surface area contributed by atoms with Crippen LogP contribution in [0.25, 0.3) is 11.5 Å². The number of halogens is 1. The number of ketones is 1. The molecule has 1 amide bonds. The maximum absolute atomic E-state index is 12.8. The Morgan fingerprint density at radius 1 is 0.903 bits per heavy atom. The molecular formula is C23H16ClN3O3S. The highest BCUT2D eigenvalue weighted by Gasteiger charge is 2.16. The minimum Gasteiger partial charge on any atom is -0.411 e. The minimum atomic E-state index is -0.287. The molecule has 0 saturated heterocycles. The summed E-state index contributed by atoms with van der Waals surface area (Å²) in [6.45, 7) is 0. The lowest BCUT2D eigenvalue weighted by atomic mass is 10.0. The van der Waals surface area contributed by atoms with Gasteiger partial charge in [0.05, 0.1) is 11.4 Å². The summed E-state index contributed by atoms with van der Waals surface area (Å²) in [7, 11) is 0. The average molecular weight is 450 g/mol. The summed E-state index contributed by atoms with van der Waals surface area (Å²) in [4.78, 5) is 25.3. The Morgan fingerprint density at radius 2 is 1.61 bits per heavy atom. The van der Waals surface area contributed by atoms with E-state index in [0.717, 1.165) is 17.3 Å². The van der Waals surface area contributed by atoms with Gasteiger partial charge in [0.15, 0.2) is 5.78 Å². The summed E-state index contributed by atoms with van der Waals surface area (Å²) in [6.07, 6.45) is 0. The summed E-state index contributed by atoms with van der Waals surface area (Å²) in [6, 6.07) is 22.9. The molecule has 4 rings (SSSR count). The lowest BCUT2D eigenvalue weighted by Crippen LogP contribution is -2.17. The quantitative estimate of drug-likeness (QED) is 0.302. The first-order chi connectivity index (χ1) is 15.1. The highest BCUT2D eigenvalue weighted by molar-refractivity contribution is 7.99. The maximum atomic E-state index is 12.8. The van der Waals surface area contributed by atoms with E-state index in [9.17, 15) is 9.59 Å². The van der Waals surface area contributed by atoms with Crippen LogP contribution in [0.2, 0.25) is 5.02 Å². The molecule has 6 nitrogen and oxygen atoms in total. The van der Waals surface area contributed by atoms with Gasteiger partial charge in [-0.25, -0.2) is 0 Å². The zero-order valence-corrected chi connectivity index (χ0v) is 17.7. The second-order valence-corrected chi connectivity index (χ2v) is 7.82. The summed E-state index contributed by atoms with van der Waals surface area (Å²) in [5.41, 5.74) is 2.17. The Hall–Kier alpha value is -3.42. The van der Waals surface area contributed by atoms with Crippen LogP contribution in [0.4, 0.5) is 5.69 Å². The summed E-state index contributed by atoms with van der Waals surface area (Å²) in [5, 5.41) is 11.6. The standard InChI is InChI=1S/C23H16ClN3O3S/c24-17-12-10-16(11-13-17)22-26-27-23(30-22)31-14-20(28)25-19-9-5-4-8-18(19)21(29)15-6-2-1-3-7-15/h1-13H,14H2,(H,25,28). The molecule has 3 aromatic carbocycles. The van der Waals surface area contributed by atoms with Crippen LogP contribution in [-0.4, -0.2) is 27.6 Å². The molecule has 0 atom stereocenters. The van der Waals surface area contributed by atoms with Crippen LogP contribution in [0.3, 0.4) is 0 Å². The molecule has 1 N–H and O–H groups in total. The number of para-hydroxylation sites is 1. The van der Waals surface area contributed by atoms with Gasteiger partial charge in [-0.15, -0.1) is 10.2 Å². The number of nitrogens with one attached hydrogen (secondary N) is 1. The van der Waals surface area contributed by atoms with Crippen molar-refractivity contribution in [2.24, 2.45) is 0 Å². The van der Waals surface area contributed by atoms with Crippen LogP contribution < -0.4 is 5.32 Å². The van der Waals surface area contributed by atoms with Crippen molar-refractivity contribution in [3.8, 4) is 11.5 Å². The van der Waals surface area contributed by atoms with E-state index in [1.165, 1.54) is 0 Å². The van der Waals surface area contributed by atoms with Crippen molar-refractivity contribution in [1.82, 2.24) is 10.2 Å². The van der Waals surface area contributed by atoms with Gasteiger partial charge in [0.1, 0.15) is 0 Å². The molecule has 0 aliphatic carbocycles. The van der Waals surface area contributed by atoms with Crippen LogP contribution in [0, 0.1) is 0 Å². The van der Waals surface area contributed by atoms with E-state index in [2.05, 4.69) is 15.5 Å². The van der Waals surface area contributed by atoms with E-state index in [1.54, 1.807) is 72.8 Å². The van der Waals surface area contributed by atoms with Crippen molar-refractivity contribution in [3.63, 3.8) is 0 Å². The first-order valence-corrected chi connectivity index (χ1v) is 10.7. The molecule has 0 saturated carbocycles. The summed E-state index contributed by atoms with van der Waals surface area (Å²) >= 11 is 7.00. The van der Waals surface area contributed by atoms with Gasteiger partial charge >= 0.3 is 0 Å². The van der Waals surface area contributed by atoms with Gasteiger partial charge in [-0.2, -0.15) is 0 Å². The predicted molar refractivity (Wildman–Crippen MR) is 120 cm³/mol. The van der Waals surface area contributed by atoms with Crippen molar-refractivity contribution in [2.75, 3.05) is 11.1 Å². The molecule has 4 aromatic rings. The van der Waals surface area contributed by atoms with E-state index in [-0.39, 0.29) is 22.7 Å². The van der Waals surface area contributed by atoms with Crippen molar-refractivity contribution in [1.29, 1.82) is 0 Å². The van der Waals surface area contributed by atoms with Gasteiger partial charge in [0.25, 0.3) is 5.22 Å². The number of benzene rings is 3. The molecule has 0 aliphatic rings. The topological polar surface area (TPSA) is 85.1 Å². The largest absolute Gasteiger partial charge is 0.411 e. The molecule has 1 aromatic heterocycles. The predicted octanol–water partition coefficient (Wildman–Crippen LogP) is 5.35. The Balaban J connectivity index is 1.40. The second kappa shape index (κ2) is 9.59. The second-order valence-electron chi connectivity index (χ2n) is 6.46. The van der Waals surface area contributed by atoms with Gasteiger partial charge in [0.2, 0.25) is 11.8 Å². The number of carbonyl (C=O) groups excluding carboxylic acids is 2. The number of hydrogen-bond acceptors (Lipinski definition) is 6. The van der Waals surface area contributed by atoms with Gasteiger partial charge < -0.3 is 9.73 Å². The van der Waals surface area contributed by atoms with E-state index in [1.807, 2.05) is 6.07 Å². The molecule has 31 heavy (non-hydrogen) atoms. The molecular weight excluding hydrogens is 434 g/mol. The van der Waals surface area contributed by atoms with Crippen LogP contribution in [-0.2, 0) is 4.79 Å². The number of nitrogens with zero attached hydrogens (tertiary/aromatic N) is 2. The number of thioether (sulfide) groups is 1. The van der Waals surface area contributed by atoms with E-state index in [4.69, 9.17) is 16.0 Å². The zero-order valence-electron chi connectivity index (χ0n) is 16.1. The Bertz CT molecular complexity index is 1210. The van der Waals surface area contributed by atoms with Crippen molar-refractivity contribution >= 4 is 40.7 Å². The van der Waals surface area contributed by atoms with Crippen molar-refractivity contribution in [2.45, 2.75) is 5.22 Å². The fourth-order valence-electron chi connectivity index (χ4n) is 2.83. The zero-order chi connectivity index (χ0) is 21.6. The molecule has 1 heterocycles. The normalized spacial score (nSPS) is 10.6. The smallest absolute Gasteiger partial charge is 0.277 e. The molecule has 0 fully saturated rings. The van der Waals surface area contributed by atoms with E-state index >= 15 is 0 Å². The molecule has 8 heteroatoms. The average Bonchev–Trinajstić information content (AvgIpc) is 3.28. The molecule has 0 spiro atoms. The van der Waals surface area contributed by atoms with Crippen LogP contribution in [0.15, 0.2) is 88.5 Å². The third-order valence-electron chi connectivity index (χ3n) is 4.31. The lowest BCUT2D eigenvalue weighted by Gasteiger charge is -2.10. The number of rotatable bonds is 7. The number of hydrogen-bond donors (Lipinski definition) is 1. The molecule has 0 bridgehead atoms. The SMILES string of the molecule is O=C(CSc1nnc(-c2ccc(Cl)cc2)o1)Nc1ccccc1C(=O)c1ccccc1. The van der Waals surface area contributed by atoms with Crippen molar-refractivity contribution < 1.29 is 14.0 Å². The van der Waals surface area contributed by atoms with Gasteiger partial charge in [0, 0.05) is 21.7 Å². The van der Waals surface area contributed by atoms with E-state index < -0.39 is 0 Å². The van der Waals surface area contributed by atoms with Gasteiger partial charge in [-0.05, 0) is 36.4 Å². The van der Waals surface area contributed by atoms with E-state index in [0.29, 0.717) is 27.7 Å². The number of aromatic nitrogens is 2. The Kier molecular flexibility index (Phi) is 6.45. The fraction of sp³-hybridized carbons (Fsp3) is 0.0435. The number of carbonyl (C=O) groups is 2. The summed E-state index contributed by atoms with van der Waals surface area (Å²) < 4.78 is 5.59. The van der Waals surface area contributed by atoms with Crippen LogP contribution >= 0.6 is 23.4 Å². The van der Waals surface area contributed by atoms with Gasteiger partial charge in [-0.1, -0.05) is 65.8 Å². The molecule has 0 unspecified atom stereocenters. The number of amides is 1. The van der Waals surface area contributed by atoms with Gasteiger partial charge in [-0.3, -0.25) is 9.59 Å².